The topological polar surface area (TPSA) is 49.4 Å². The maximum atomic E-state index is 12.9. The van der Waals surface area contributed by atoms with Gasteiger partial charge in [0.2, 0.25) is 9.84 Å². The summed E-state index contributed by atoms with van der Waals surface area (Å²) in [6.07, 6.45) is 2.92. The molecule has 4 nitrogen and oxygen atoms in total. The average Bonchev–Trinajstić information content (AvgIpc) is 2.48. The van der Waals surface area contributed by atoms with Gasteiger partial charge in [-0.05, 0) is 38.4 Å². The molecule has 2 rings (SSSR count). The number of sulfone groups is 1. The molecule has 0 radical (unpaired) electrons. The van der Waals surface area contributed by atoms with Gasteiger partial charge >= 0.3 is 5.76 Å². The van der Waals surface area contributed by atoms with Crippen molar-refractivity contribution < 1.29 is 17.2 Å². The number of benzene rings is 1. The lowest BCUT2D eigenvalue weighted by atomic mass is 10.0. The summed E-state index contributed by atoms with van der Waals surface area (Å²) in [5.74, 6) is -3.40. The van der Waals surface area contributed by atoms with Crippen molar-refractivity contribution in [2.24, 2.45) is 0 Å². The fourth-order valence-electron chi connectivity index (χ4n) is 2.80. The summed E-state index contributed by atoms with van der Waals surface area (Å²) in [5, 5.41) is 3.08. The number of nitrogens with zero attached hydrogens (tertiary/aromatic N) is 1. The van der Waals surface area contributed by atoms with Gasteiger partial charge in [0.1, 0.15) is 0 Å². The van der Waals surface area contributed by atoms with Crippen molar-refractivity contribution >= 4 is 15.5 Å². The van der Waals surface area contributed by atoms with E-state index in [-0.39, 0.29) is 10.9 Å². The lowest BCUT2D eigenvalue weighted by Gasteiger charge is -2.38. The first kappa shape index (κ1) is 16.2. The number of anilines is 1. The van der Waals surface area contributed by atoms with Gasteiger partial charge in [0.05, 0.1) is 10.6 Å². The lowest BCUT2D eigenvalue weighted by Crippen LogP contribution is -2.45. The molecule has 1 atom stereocenters. The Morgan fingerprint density at radius 1 is 1.33 bits per heavy atom. The van der Waals surface area contributed by atoms with E-state index in [0.29, 0.717) is 18.8 Å². The minimum atomic E-state index is -4.59. The third-order valence-corrected chi connectivity index (χ3v) is 5.21. The van der Waals surface area contributed by atoms with Gasteiger partial charge < -0.3 is 10.2 Å². The smallest absolute Gasteiger partial charge is 0.341 e. The maximum absolute atomic E-state index is 12.9. The second kappa shape index (κ2) is 6.70. The van der Waals surface area contributed by atoms with Gasteiger partial charge in [0.15, 0.2) is 0 Å². The van der Waals surface area contributed by atoms with Gasteiger partial charge in [-0.15, -0.1) is 0 Å². The Morgan fingerprint density at radius 2 is 2.05 bits per heavy atom. The molecule has 1 N–H and O–H groups in total. The van der Waals surface area contributed by atoms with E-state index >= 15 is 0 Å². The van der Waals surface area contributed by atoms with Crippen LogP contribution >= 0.6 is 0 Å². The molecule has 0 bridgehead atoms. The molecule has 0 aliphatic carbocycles. The van der Waals surface area contributed by atoms with Crippen LogP contribution in [-0.2, 0) is 9.84 Å². The molecule has 0 amide bonds. The summed E-state index contributed by atoms with van der Waals surface area (Å²) in [4.78, 5) is 1.66. The molecule has 1 fully saturated rings. The average molecular weight is 318 g/mol. The van der Waals surface area contributed by atoms with Crippen LogP contribution in [0, 0.1) is 0 Å². The van der Waals surface area contributed by atoms with Crippen LogP contribution in [0.4, 0.5) is 14.5 Å². The van der Waals surface area contributed by atoms with E-state index < -0.39 is 15.6 Å². The molecular weight excluding hydrogens is 298 g/mol. The molecular formula is C14H20F2N2O2S. The van der Waals surface area contributed by atoms with Crippen LogP contribution in [-0.4, -0.2) is 40.4 Å². The normalized spacial score (nSPS) is 20.0. The molecule has 1 saturated heterocycles. The summed E-state index contributed by atoms with van der Waals surface area (Å²) in [5.41, 5.74) is 0.387. The Bertz CT molecular complexity index is 576. The first-order valence-electron chi connectivity index (χ1n) is 7.01. The number of nitrogens with one attached hydrogen (secondary N) is 1. The van der Waals surface area contributed by atoms with Crippen molar-refractivity contribution in [2.75, 3.05) is 25.0 Å². The Morgan fingerprint density at radius 3 is 2.71 bits per heavy atom. The third-order valence-electron chi connectivity index (χ3n) is 3.78. The molecule has 118 valence electrons. The number of halogens is 2. The molecule has 0 aromatic heterocycles. The first-order valence-corrected chi connectivity index (χ1v) is 8.55. The minimum absolute atomic E-state index is 0.123. The van der Waals surface area contributed by atoms with Gasteiger partial charge in [0, 0.05) is 19.1 Å². The van der Waals surface area contributed by atoms with Gasteiger partial charge in [-0.3, -0.25) is 0 Å². The number of likely N-dealkylation sites (N-methyl/N-ethyl adjacent to an activating group) is 1. The predicted octanol–water partition coefficient (Wildman–Crippen LogP) is 2.26. The monoisotopic (exact) mass is 318 g/mol. The van der Waals surface area contributed by atoms with Crippen molar-refractivity contribution in [1.29, 1.82) is 0 Å². The number of hydrogen-bond acceptors (Lipinski definition) is 4. The lowest BCUT2D eigenvalue weighted by molar-refractivity contribution is 0.234. The summed E-state index contributed by atoms with van der Waals surface area (Å²) in [6, 6.07) is 6.17. The van der Waals surface area contributed by atoms with E-state index in [2.05, 4.69) is 5.32 Å². The Kier molecular flexibility index (Phi) is 5.16. The summed E-state index contributed by atoms with van der Waals surface area (Å²) < 4.78 is 49.5. The molecule has 0 spiro atoms. The predicted molar refractivity (Wildman–Crippen MR) is 78.5 cm³/mol. The van der Waals surface area contributed by atoms with Crippen LogP contribution in [0.2, 0.25) is 0 Å². The second-order valence-corrected chi connectivity index (χ2v) is 7.06. The third kappa shape index (κ3) is 3.35. The highest BCUT2D eigenvalue weighted by molar-refractivity contribution is 7.91. The van der Waals surface area contributed by atoms with Crippen LogP contribution in [0.15, 0.2) is 29.2 Å². The molecule has 7 heteroatoms. The Labute approximate surface area is 124 Å². The summed E-state index contributed by atoms with van der Waals surface area (Å²) in [6.45, 7) is 1.38. The molecule has 1 aromatic rings. The second-order valence-electron chi connectivity index (χ2n) is 5.17. The quantitative estimate of drug-likeness (QED) is 0.905. The SMILES string of the molecule is CNCC1CCCCN1c1ccccc1S(=O)(=O)C(F)F. The Balaban J connectivity index is 2.44. The van der Waals surface area contributed by atoms with E-state index in [1.54, 1.807) is 12.1 Å². The van der Waals surface area contributed by atoms with E-state index in [1.807, 2.05) is 11.9 Å². The molecule has 21 heavy (non-hydrogen) atoms. The number of rotatable bonds is 5. The van der Waals surface area contributed by atoms with Crippen molar-refractivity contribution in [2.45, 2.75) is 36.0 Å². The summed E-state index contributed by atoms with van der Waals surface area (Å²) in [7, 11) is -2.76. The van der Waals surface area contributed by atoms with Crippen LogP contribution in [0.3, 0.4) is 0 Å². The van der Waals surface area contributed by atoms with Crippen molar-refractivity contribution in [3.05, 3.63) is 24.3 Å². The van der Waals surface area contributed by atoms with E-state index in [9.17, 15) is 17.2 Å². The zero-order valence-electron chi connectivity index (χ0n) is 11.9. The van der Waals surface area contributed by atoms with Gasteiger partial charge in [0.25, 0.3) is 0 Å². The number of piperidine rings is 1. The number of para-hydroxylation sites is 1. The minimum Gasteiger partial charge on any atom is -0.366 e. The molecule has 1 heterocycles. The van der Waals surface area contributed by atoms with E-state index in [0.717, 1.165) is 19.3 Å². The number of alkyl halides is 2. The van der Waals surface area contributed by atoms with Gasteiger partial charge in [-0.1, -0.05) is 12.1 Å². The largest absolute Gasteiger partial charge is 0.366 e. The van der Waals surface area contributed by atoms with Crippen molar-refractivity contribution in [3.8, 4) is 0 Å². The summed E-state index contributed by atoms with van der Waals surface area (Å²) >= 11 is 0. The van der Waals surface area contributed by atoms with Crippen molar-refractivity contribution in [3.63, 3.8) is 0 Å². The van der Waals surface area contributed by atoms with E-state index in [4.69, 9.17) is 0 Å². The molecule has 1 aromatic carbocycles. The van der Waals surface area contributed by atoms with Crippen LogP contribution in [0.5, 0.6) is 0 Å². The van der Waals surface area contributed by atoms with E-state index in [1.165, 1.54) is 12.1 Å². The molecule has 0 saturated carbocycles. The molecule has 1 unspecified atom stereocenters. The fourth-order valence-corrected chi connectivity index (χ4v) is 3.73. The van der Waals surface area contributed by atoms with Crippen molar-refractivity contribution in [1.82, 2.24) is 5.32 Å². The number of hydrogen-bond donors (Lipinski definition) is 1. The maximum Gasteiger partial charge on any atom is 0.341 e. The standard InChI is InChI=1S/C14H20F2N2O2S/c1-17-10-11-6-4-5-9-18(11)12-7-2-3-8-13(12)21(19,20)14(15)16/h2-3,7-8,11,14,17H,4-6,9-10H2,1H3. The first-order chi connectivity index (χ1) is 9.98. The zero-order chi connectivity index (χ0) is 15.5. The highest BCUT2D eigenvalue weighted by Crippen LogP contribution is 2.32. The van der Waals surface area contributed by atoms with Crippen LogP contribution in [0.25, 0.3) is 0 Å². The Hall–Kier alpha value is -1.21. The fraction of sp³-hybridized carbons (Fsp3) is 0.571. The highest BCUT2D eigenvalue weighted by Gasteiger charge is 2.32. The zero-order valence-corrected chi connectivity index (χ0v) is 12.7. The highest BCUT2D eigenvalue weighted by atomic mass is 32.2. The van der Waals surface area contributed by atoms with Gasteiger partial charge in [-0.25, -0.2) is 8.42 Å². The molecule has 1 aliphatic rings. The van der Waals surface area contributed by atoms with Crippen LogP contribution < -0.4 is 10.2 Å². The molecule has 1 aliphatic heterocycles. The van der Waals surface area contributed by atoms with Gasteiger partial charge in [-0.2, -0.15) is 8.78 Å². The van der Waals surface area contributed by atoms with Crippen LogP contribution in [0.1, 0.15) is 19.3 Å².